The monoisotopic (exact) mass is 240 g/mol. The maximum absolute atomic E-state index is 11.5. The zero-order chi connectivity index (χ0) is 12.0. The van der Waals surface area contributed by atoms with Crippen molar-refractivity contribution in [1.29, 1.82) is 0 Å². The second-order valence-corrected chi connectivity index (χ2v) is 4.17. The molecular weight excluding hydrogens is 224 g/mol. The Bertz CT molecular complexity index is 337. The summed E-state index contributed by atoms with van der Waals surface area (Å²) in [4.78, 5) is 11.5. The van der Waals surface area contributed by atoms with Crippen LogP contribution in [0.15, 0.2) is 24.3 Å². The van der Waals surface area contributed by atoms with Crippen LogP contribution in [0.5, 0.6) is 0 Å². The first-order chi connectivity index (χ1) is 7.63. The van der Waals surface area contributed by atoms with Crippen molar-refractivity contribution in [2.75, 3.05) is 6.54 Å². The van der Waals surface area contributed by atoms with Gasteiger partial charge in [-0.1, -0.05) is 23.7 Å². The summed E-state index contributed by atoms with van der Waals surface area (Å²) in [5.41, 5.74) is 6.39. The fraction of sp³-hybridized carbons (Fsp3) is 0.417. The fourth-order valence-electron chi connectivity index (χ4n) is 1.41. The molecule has 0 unspecified atom stereocenters. The molecule has 0 saturated heterocycles. The smallest absolute Gasteiger partial charge is 0.220 e. The van der Waals surface area contributed by atoms with Crippen LogP contribution < -0.4 is 11.1 Å². The van der Waals surface area contributed by atoms with Crippen LogP contribution in [0.3, 0.4) is 0 Å². The molecule has 1 aromatic carbocycles. The highest BCUT2D eigenvalue weighted by Crippen LogP contribution is 2.16. The molecule has 3 nitrogen and oxygen atoms in total. The third-order valence-electron chi connectivity index (χ3n) is 2.36. The highest BCUT2D eigenvalue weighted by atomic mass is 35.5. The molecule has 1 amide bonds. The molecule has 0 radical (unpaired) electrons. The first kappa shape index (κ1) is 13.0. The Morgan fingerprint density at radius 3 is 2.62 bits per heavy atom. The second-order valence-electron chi connectivity index (χ2n) is 3.73. The number of rotatable bonds is 5. The van der Waals surface area contributed by atoms with Crippen molar-refractivity contribution in [2.24, 2.45) is 5.73 Å². The zero-order valence-corrected chi connectivity index (χ0v) is 10.1. The number of hydrogen-bond donors (Lipinski definition) is 2. The lowest BCUT2D eigenvalue weighted by molar-refractivity contribution is -0.121. The molecule has 0 heterocycles. The Balaban J connectivity index is 2.48. The van der Waals surface area contributed by atoms with Crippen LogP contribution in [0.2, 0.25) is 5.02 Å². The summed E-state index contributed by atoms with van der Waals surface area (Å²) in [6.45, 7) is 2.49. The standard InChI is InChI=1S/C12H17ClN2O/c1-9(15-12(16)3-2-8-14)10-4-6-11(13)7-5-10/h4-7,9H,2-3,8,14H2,1H3,(H,15,16)/t9-/m1/s1. The first-order valence-electron chi connectivity index (χ1n) is 5.38. The van der Waals surface area contributed by atoms with Crippen molar-refractivity contribution in [2.45, 2.75) is 25.8 Å². The Hall–Kier alpha value is -1.06. The van der Waals surface area contributed by atoms with Gasteiger partial charge in [0.15, 0.2) is 0 Å². The van der Waals surface area contributed by atoms with E-state index in [4.69, 9.17) is 17.3 Å². The van der Waals surface area contributed by atoms with E-state index in [1.165, 1.54) is 0 Å². The molecule has 1 rings (SSSR count). The van der Waals surface area contributed by atoms with Crippen LogP contribution in [0.4, 0.5) is 0 Å². The van der Waals surface area contributed by atoms with Crippen molar-refractivity contribution in [1.82, 2.24) is 5.32 Å². The summed E-state index contributed by atoms with van der Waals surface area (Å²) in [7, 11) is 0. The van der Waals surface area contributed by atoms with E-state index in [9.17, 15) is 4.79 Å². The van der Waals surface area contributed by atoms with E-state index >= 15 is 0 Å². The largest absolute Gasteiger partial charge is 0.350 e. The minimum atomic E-state index is 0.00235. The van der Waals surface area contributed by atoms with Gasteiger partial charge < -0.3 is 11.1 Å². The van der Waals surface area contributed by atoms with E-state index in [0.717, 1.165) is 12.0 Å². The van der Waals surface area contributed by atoms with E-state index in [0.29, 0.717) is 18.0 Å². The number of benzene rings is 1. The normalized spacial score (nSPS) is 12.2. The molecule has 0 fully saturated rings. The third kappa shape index (κ3) is 4.21. The van der Waals surface area contributed by atoms with Gasteiger partial charge in [0, 0.05) is 11.4 Å². The maximum Gasteiger partial charge on any atom is 0.220 e. The summed E-state index contributed by atoms with van der Waals surface area (Å²) in [6.07, 6.45) is 1.20. The Morgan fingerprint density at radius 2 is 2.06 bits per heavy atom. The minimum absolute atomic E-state index is 0.00235. The van der Waals surface area contributed by atoms with E-state index in [2.05, 4.69) is 5.32 Å². The van der Waals surface area contributed by atoms with Gasteiger partial charge in [-0.3, -0.25) is 4.79 Å². The Morgan fingerprint density at radius 1 is 1.44 bits per heavy atom. The summed E-state index contributed by atoms with van der Waals surface area (Å²) < 4.78 is 0. The Labute approximate surface area is 101 Å². The summed E-state index contributed by atoms with van der Waals surface area (Å²) in [5, 5.41) is 3.61. The highest BCUT2D eigenvalue weighted by molar-refractivity contribution is 6.30. The molecular formula is C12H17ClN2O. The second kappa shape index (κ2) is 6.51. The molecule has 0 aromatic heterocycles. The summed E-state index contributed by atoms with van der Waals surface area (Å²) >= 11 is 5.79. The number of nitrogens with one attached hydrogen (secondary N) is 1. The number of nitrogens with two attached hydrogens (primary N) is 1. The highest BCUT2D eigenvalue weighted by Gasteiger charge is 2.08. The average molecular weight is 241 g/mol. The molecule has 1 atom stereocenters. The summed E-state index contributed by atoms with van der Waals surface area (Å²) in [5.74, 6) is 0.0351. The van der Waals surface area contributed by atoms with Crippen LogP contribution in [-0.4, -0.2) is 12.5 Å². The topological polar surface area (TPSA) is 55.1 Å². The quantitative estimate of drug-likeness (QED) is 0.830. The number of hydrogen-bond acceptors (Lipinski definition) is 2. The van der Waals surface area contributed by atoms with Gasteiger partial charge in [0.05, 0.1) is 6.04 Å². The first-order valence-corrected chi connectivity index (χ1v) is 5.76. The van der Waals surface area contributed by atoms with Crippen molar-refractivity contribution < 1.29 is 4.79 Å². The lowest BCUT2D eigenvalue weighted by Crippen LogP contribution is -2.26. The van der Waals surface area contributed by atoms with Gasteiger partial charge in [-0.15, -0.1) is 0 Å². The molecule has 0 spiro atoms. The van der Waals surface area contributed by atoms with E-state index in [-0.39, 0.29) is 11.9 Å². The zero-order valence-electron chi connectivity index (χ0n) is 9.37. The fourth-order valence-corrected chi connectivity index (χ4v) is 1.54. The molecule has 0 aliphatic rings. The predicted octanol–water partition coefficient (Wildman–Crippen LogP) is 2.26. The van der Waals surface area contributed by atoms with E-state index in [1.807, 2.05) is 31.2 Å². The lowest BCUT2D eigenvalue weighted by atomic mass is 10.1. The van der Waals surface area contributed by atoms with E-state index < -0.39 is 0 Å². The van der Waals surface area contributed by atoms with Gasteiger partial charge in [0.1, 0.15) is 0 Å². The summed E-state index contributed by atoms with van der Waals surface area (Å²) in [6, 6.07) is 7.47. The molecule has 0 aliphatic heterocycles. The molecule has 3 N–H and O–H groups in total. The predicted molar refractivity (Wildman–Crippen MR) is 66.3 cm³/mol. The van der Waals surface area contributed by atoms with Gasteiger partial charge in [-0.25, -0.2) is 0 Å². The SMILES string of the molecule is C[C@@H](NC(=O)CCCN)c1ccc(Cl)cc1. The van der Waals surface area contributed by atoms with Crippen LogP contribution in [0, 0.1) is 0 Å². The third-order valence-corrected chi connectivity index (χ3v) is 2.61. The van der Waals surface area contributed by atoms with E-state index in [1.54, 1.807) is 0 Å². The van der Waals surface area contributed by atoms with Gasteiger partial charge in [0.2, 0.25) is 5.91 Å². The Kier molecular flexibility index (Phi) is 5.29. The molecule has 0 aliphatic carbocycles. The van der Waals surface area contributed by atoms with Gasteiger partial charge >= 0.3 is 0 Å². The molecule has 0 bridgehead atoms. The van der Waals surface area contributed by atoms with Gasteiger partial charge in [0.25, 0.3) is 0 Å². The van der Waals surface area contributed by atoms with Crippen molar-refractivity contribution in [3.63, 3.8) is 0 Å². The number of carbonyl (C=O) groups excluding carboxylic acids is 1. The molecule has 4 heteroatoms. The number of carbonyl (C=O) groups is 1. The van der Waals surface area contributed by atoms with Crippen molar-refractivity contribution in [3.05, 3.63) is 34.9 Å². The lowest BCUT2D eigenvalue weighted by Gasteiger charge is -2.14. The molecule has 0 saturated carbocycles. The van der Waals surface area contributed by atoms with Crippen LogP contribution in [0.1, 0.15) is 31.4 Å². The number of amides is 1. The molecule has 16 heavy (non-hydrogen) atoms. The number of halogens is 1. The van der Waals surface area contributed by atoms with Crippen molar-refractivity contribution in [3.8, 4) is 0 Å². The van der Waals surface area contributed by atoms with Gasteiger partial charge in [-0.05, 0) is 37.6 Å². The van der Waals surface area contributed by atoms with Crippen LogP contribution in [0.25, 0.3) is 0 Å². The van der Waals surface area contributed by atoms with Crippen LogP contribution >= 0.6 is 11.6 Å². The minimum Gasteiger partial charge on any atom is -0.350 e. The van der Waals surface area contributed by atoms with Gasteiger partial charge in [-0.2, -0.15) is 0 Å². The maximum atomic E-state index is 11.5. The van der Waals surface area contributed by atoms with Crippen molar-refractivity contribution >= 4 is 17.5 Å². The average Bonchev–Trinajstić information content (AvgIpc) is 2.27. The van der Waals surface area contributed by atoms with Crippen LogP contribution in [-0.2, 0) is 4.79 Å². The molecule has 1 aromatic rings. The molecule has 88 valence electrons.